The number of anilines is 1. The van der Waals surface area contributed by atoms with Crippen LogP contribution in [0.5, 0.6) is 0 Å². The quantitative estimate of drug-likeness (QED) is 0.603. The minimum Gasteiger partial charge on any atom is -0.346 e. The molecule has 6 heteroatoms. The zero-order valence-corrected chi connectivity index (χ0v) is 17.2. The molecule has 0 fully saturated rings. The summed E-state index contributed by atoms with van der Waals surface area (Å²) in [6, 6.07) is 15.3. The molecular formula is C23H28N4O2. The van der Waals surface area contributed by atoms with E-state index in [0.29, 0.717) is 12.2 Å². The molecule has 1 atom stereocenters. The van der Waals surface area contributed by atoms with E-state index in [9.17, 15) is 9.59 Å². The maximum atomic E-state index is 12.7. The lowest BCUT2D eigenvalue weighted by Gasteiger charge is -2.16. The Morgan fingerprint density at radius 1 is 1.03 bits per heavy atom. The van der Waals surface area contributed by atoms with Crippen molar-refractivity contribution in [1.82, 2.24) is 14.9 Å². The van der Waals surface area contributed by atoms with E-state index >= 15 is 0 Å². The average Bonchev–Trinajstić information content (AvgIpc) is 3.07. The number of aryl methyl sites for hydroxylation is 1. The Morgan fingerprint density at radius 3 is 2.45 bits per heavy atom. The number of imidazole rings is 1. The van der Waals surface area contributed by atoms with Crippen LogP contribution in [0.3, 0.4) is 0 Å². The molecule has 0 saturated heterocycles. The lowest BCUT2D eigenvalue weighted by molar-refractivity contribution is -0.121. The number of hydrogen-bond donors (Lipinski definition) is 2. The van der Waals surface area contributed by atoms with Gasteiger partial charge in [0.25, 0.3) is 0 Å². The monoisotopic (exact) mass is 392 g/mol. The molecule has 152 valence electrons. The third-order valence-corrected chi connectivity index (χ3v) is 4.87. The molecule has 0 bridgehead atoms. The predicted octanol–water partition coefficient (Wildman–Crippen LogP) is 4.21. The Balaban J connectivity index is 1.82. The molecule has 0 aliphatic carbocycles. The van der Waals surface area contributed by atoms with E-state index in [2.05, 4.69) is 22.5 Å². The third kappa shape index (κ3) is 5.02. The molecule has 1 unspecified atom stereocenters. The van der Waals surface area contributed by atoms with Crippen LogP contribution in [0.25, 0.3) is 11.0 Å². The van der Waals surface area contributed by atoms with Crippen LogP contribution in [0.1, 0.15) is 51.0 Å². The average molecular weight is 393 g/mol. The maximum absolute atomic E-state index is 12.7. The molecule has 2 amide bonds. The van der Waals surface area contributed by atoms with Crippen molar-refractivity contribution >= 4 is 28.5 Å². The Morgan fingerprint density at radius 2 is 1.76 bits per heavy atom. The van der Waals surface area contributed by atoms with Crippen molar-refractivity contribution in [2.45, 2.75) is 52.6 Å². The van der Waals surface area contributed by atoms with Gasteiger partial charge in [-0.1, -0.05) is 38.1 Å². The molecular weight excluding hydrogens is 364 g/mol. The van der Waals surface area contributed by atoms with Gasteiger partial charge in [-0.2, -0.15) is 0 Å². The van der Waals surface area contributed by atoms with Crippen molar-refractivity contribution in [3.05, 3.63) is 59.9 Å². The highest BCUT2D eigenvalue weighted by Gasteiger charge is 2.19. The van der Waals surface area contributed by atoms with E-state index in [1.165, 1.54) is 5.56 Å². The van der Waals surface area contributed by atoms with E-state index < -0.39 is 0 Å². The Kier molecular flexibility index (Phi) is 6.65. The van der Waals surface area contributed by atoms with Crippen LogP contribution in [0.15, 0.2) is 48.5 Å². The largest absolute Gasteiger partial charge is 0.346 e. The number of aromatic nitrogens is 2. The molecule has 0 spiro atoms. The molecule has 0 aliphatic rings. The Hall–Kier alpha value is -3.15. The number of amides is 2. The molecule has 0 aliphatic heterocycles. The van der Waals surface area contributed by atoms with E-state index in [0.717, 1.165) is 29.6 Å². The number of carbonyl (C=O) groups excluding carboxylic acids is 2. The highest BCUT2D eigenvalue weighted by atomic mass is 16.2. The number of carbonyl (C=O) groups is 2. The van der Waals surface area contributed by atoms with Crippen molar-refractivity contribution in [2.24, 2.45) is 0 Å². The molecule has 3 rings (SSSR count). The molecule has 1 aromatic heterocycles. The zero-order valence-electron chi connectivity index (χ0n) is 17.2. The van der Waals surface area contributed by atoms with Crippen molar-refractivity contribution in [2.75, 3.05) is 5.32 Å². The maximum Gasteiger partial charge on any atom is 0.244 e. The van der Waals surface area contributed by atoms with Crippen molar-refractivity contribution in [3.63, 3.8) is 0 Å². The van der Waals surface area contributed by atoms with Crippen LogP contribution in [-0.2, 0) is 22.6 Å². The summed E-state index contributed by atoms with van der Waals surface area (Å²) in [5, 5.41) is 5.93. The second kappa shape index (κ2) is 9.37. The summed E-state index contributed by atoms with van der Waals surface area (Å²) < 4.78 is 1.88. The summed E-state index contributed by atoms with van der Waals surface area (Å²) in [4.78, 5) is 29.4. The lowest BCUT2D eigenvalue weighted by Crippen LogP contribution is -2.29. The highest BCUT2D eigenvalue weighted by Crippen LogP contribution is 2.21. The minimum atomic E-state index is -0.293. The standard InChI is InChI=1S/C23H28N4O2/c1-4-8-21(28)24-16(3)23-26-19-9-6-7-10-20(19)27(23)15-22(29)25-18-13-11-17(5-2)12-14-18/h6-7,9-14,16H,4-5,8,15H2,1-3H3,(H,24,28)(H,25,29). The minimum absolute atomic E-state index is 0.0147. The normalized spacial score (nSPS) is 12.0. The van der Waals surface area contributed by atoms with Crippen LogP contribution in [-0.4, -0.2) is 21.4 Å². The summed E-state index contributed by atoms with van der Waals surface area (Å²) in [7, 11) is 0. The first-order valence-corrected chi connectivity index (χ1v) is 10.1. The number of benzene rings is 2. The fourth-order valence-electron chi connectivity index (χ4n) is 3.36. The molecule has 6 nitrogen and oxygen atoms in total. The molecule has 3 aromatic rings. The predicted molar refractivity (Wildman–Crippen MR) is 116 cm³/mol. The fraction of sp³-hybridized carbons (Fsp3) is 0.348. The van der Waals surface area contributed by atoms with E-state index in [1.54, 1.807) is 0 Å². The Bertz CT molecular complexity index is 992. The molecule has 2 N–H and O–H groups in total. The van der Waals surface area contributed by atoms with Gasteiger partial charge in [-0.3, -0.25) is 9.59 Å². The van der Waals surface area contributed by atoms with Crippen LogP contribution in [0.2, 0.25) is 0 Å². The number of rotatable bonds is 8. The molecule has 29 heavy (non-hydrogen) atoms. The number of hydrogen-bond acceptors (Lipinski definition) is 3. The lowest BCUT2D eigenvalue weighted by atomic mass is 10.1. The van der Waals surface area contributed by atoms with Gasteiger partial charge in [0.2, 0.25) is 11.8 Å². The smallest absolute Gasteiger partial charge is 0.244 e. The van der Waals surface area contributed by atoms with Crippen molar-refractivity contribution in [1.29, 1.82) is 0 Å². The van der Waals surface area contributed by atoms with Gasteiger partial charge in [0.1, 0.15) is 12.4 Å². The molecule has 0 radical (unpaired) electrons. The number of nitrogens with one attached hydrogen (secondary N) is 2. The Labute approximate surface area is 171 Å². The van der Waals surface area contributed by atoms with E-state index in [-0.39, 0.29) is 24.4 Å². The van der Waals surface area contributed by atoms with Crippen LogP contribution < -0.4 is 10.6 Å². The highest BCUT2D eigenvalue weighted by molar-refractivity contribution is 5.91. The number of para-hydroxylation sites is 2. The van der Waals surface area contributed by atoms with E-state index in [4.69, 9.17) is 0 Å². The summed E-state index contributed by atoms with van der Waals surface area (Å²) in [6.07, 6.45) is 2.22. The third-order valence-electron chi connectivity index (χ3n) is 4.87. The van der Waals surface area contributed by atoms with Gasteiger partial charge in [-0.05, 0) is 49.6 Å². The first kappa shape index (κ1) is 20.6. The second-order valence-electron chi connectivity index (χ2n) is 7.18. The topological polar surface area (TPSA) is 76.0 Å². The first-order valence-electron chi connectivity index (χ1n) is 10.1. The molecule has 1 heterocycles. The fourth-order valence-corrected chi connectivity index (χ4v) is 3.36. The summed E-state index contributed by atoms with van der Waals surface area (Å²) >= 11 is 0. The zero-order chi connectivity index (χ0) is 20.8. The van der Waals surface area contributed by atoms with Gasteiger partial charge in [-0.25, -0.2) is 4.98 Å². The SMILES string of the molecule is CCCC(=O)NC(C)c1nc2ccccc2n1CC(=O)Nc1ccc(CC)cc1. The molecule has 0 saturated carbocycles. The van der Waals surface area contributed by atoms with Gasteiger partial charge in [-0.15, -0.1) is 0 Å². The van der Waals surface area contributed by atoms with Crippen molar-refractivity contribution in [3.8, 4) is 0 Å². The van der Waals surface area contributed by atoms with Crippen LogP contribution in [0, 0.1) is 0 Å². The summed E-state index contributed by atoms with van der Waals surface area (Å²) in [5.41, 5.74) is 3.67. The van der Waals surface area contributed by atoms with Crippen LogP contribution >= 0.6 is 0 Å². The van der Waals surface area contributed by atoms with Gasteiger partial charge in [0.15, 0.2) is 0 Å². The van der Waals surface area contributed by atoms with E-state index in [1.807, 2.05) is 66.9 Å². The first-order chi connectivity index (χ1) is 14.0. The summed E-state index contributed by atoms with van der Waals surface area (Å²) in [5.74, 6) is 0.525. The molecule has 2 aromatic carbocycles. The second-order valence-corrected chi connectivity index (χ2v) is 7.18. The van der Waals surface area contributed by atoms with Crippen LogP contribution in [0.4, 0.5) is 5.69 Å². The van der Waals surface area contributed by atoms with Gasteiger partial charge >= 0.3 is 0 Å². The van der Waals surface area contributed by atoms with Gasteiger partial charge < -0.3 is 15.2 Å². The summed E-state index contributed by atoms with van der Waals surface area (Å²) in [6.45, 7) is 6.09. The van der Waals surface area contributed by atoms with Crippen molar-refractivity contribution < 1.29 is 9.59 Å². The number of nitrogens with zero attached hydrogens (tertiary/aromatic N) is 2. The van der Waals surface area contributed by atoms with Gasteiger partial charge in [0, 0.05) is 12.1 Å². The van der Waals surface area contributed by atoms with Gasteiger partial charge in [0.05, 0.1) is 17.1 Å². The number of fused-ring (bicyclic) bond motifs is 1.